The minimum atomic E-state index is -0.641. The van der Waals surface area contributed by atoms with Crippen LogP contribution < -0.4 is 22.3 Å². The Hall–Kier alpha value is -4.32. The fraction of sp³-hybridized carbons (Fsp3) is 0.0952. The Bertz CT molecular complexity index is 1100. The molecule has 0 radical (unpaired) electrons. The number of nitrogens with two attached hydrogens (primary N) is 2. The maximum atomic E-state index is 12.6. The summed E-state index contributed by atoms with van der Waals surface area (Å²) in [5.41, 5.74) is 17.1. The normalized spacial score (nSPS) is 11.7. The average molecular weight is 464 g/mol. The average Bonchev–Trinajstić information content (AvgIpc) is 2.86. The molecular formula is C21H21N9O2S. The number of amides is 2. The Morgan fingerprint density at radius 1 is 0.848 bits per heavy atom. The van der Waals surface area contributed by atoms with E-state index in [4.69, 9.17) is 11.5 Å². The Labute approximate surface area is 193 Å². The van der Waals surface area contributed by atoms with Crippen molar-refractivity contribution in [2.45, 2.75) is 11.8 Å². The van der Waals surface area contributed by atoms with Gasteiger partial charge in [0.05, 0.1) is 0 Å². The fourth-order valence-corrected chi connectivity index (χ4v) is 3.19. The molecule has 33 heavy (non-hydrogen) atoms. The largest absolute Gasteiger partial charge is 0.380 e. The SMILES string of the molecule is CCSc1cc(C(=O)N/N=C(\N)c2ccccn2)nc(C(=O)N/N=C(\N)c2ccccn2)c1. The Morgan fingerprint density at radius 3 is 1.73 bits per heavy atom. The van der Waals surface area contributed by atoms with E-state index in [-0.39, 0.29) is 23.1 Å². The predicted octanol–water partition coefficient (Wildman–Crippen LogP) is 1.08. The molecule has 2 amide bonds. The summed E-state index contributed by atoms with van der Waals surface area (Å²) in [6.45, 7) is 1.94. The van der Waals surface area contributed by atoms with Gasteiger partial charge in [0.25, 0.3) is 11.8 Å². The number of hydrogen-bond acceptors (Lipinski definition) is 8. The summed E-state index contributed by atoms with van der Waals surface area (Å²) in [4.78, 5) is 38.1. The van der Waals surface area contributed by atoms with Gasteiger partial charge in [-0.05, 0) is 42.2 Å². The lowest BCUT2D eigenvalue weighted by atomic mass is 10.3. The summed E-state index contributed by atoms with van der Waals surface area (Å²) in [6.07, 6.45) is 3.11. The third-order valence-corrected chi connectivity index (χ3v) is 4.84. The molecular weight excluding hydrogens is 442 g/mol. The number of carbonyl (C=O) groups is 2. The molecule has 168 valence electrons. The molecule has 11 nitrogen and oxygen atoms in total. The van der Waals surface area contributed by atoms with Gasteiger partial charge in [-0.15, -0.1) is 11.8 Å². The summed E-state index contributed by atoms with van der Waals surface area (Å²) in [5.74, 6) is -0.501. The molecule has 0 aliphatic heterocycles. The minimum Gasteiger partial charge on any atom is -0.380 e. The van der Waals surface area contributed by atoms with E-state index in [9.17, 15) is 9.59 Å². The smallest absolute Gasteiger partial charge is 0.290 e. The number of nitrogens with zero attached hydrogens (tertiary/aromatic N) is 5. The maximum absolute atomic E-state index is 12.6. The molecule has 3 rings (SSSR count). The van der Waals surface area contributed by atoms with Crippen molar-refractivity contribution in [3.05, 3.63) is 83.7 Å². The molecule has 0 saturated carbocycles. The molecule has 6 N–H and O–H groups in total. The molecule has 0 atom stereocenters. The molecule has 3 aromatic heterocycles. The van der Waals surface area contributed by atoms with Crippen LogP contribution in [0, 0.1) is 0 Å². The first-order chi connectivity index (χ1) is 16.0. The Balaban J connectivity index is 1.78. The number of rotatable bonds is 8. The lowest BCUT2D eigenvalue weighted by Crippen LogP contribution is -2.27. The first-order valence-corrected chi connectivity index (χ1v) is 10.7. The van der Waals surface area contributed by atoms with Crippen LogP contribution in [0.5, 0.6) is 0 Å². The van der Waals surface area contributed by atoms with Crippen molar-refractivity contribution in [3.8, 4) is 0 Å². The van der Waals surface area contributed by atoms with Gasteiger partial charge < -0.3 is 11.5 Å². The Kier molecular flexibility index (Phi) is 8.02. The third kappa shape index (κ3) is 6.58. The highest BCUT2D eigenvalue weighted by molar-refractivity contribution is 7.99. The van der Waals surface area contributed by atoms with E-state index >= 15 is 0 Å². The van der Waals surface area contributed by atoms with E-state index < -0.39 is 11.8 Å². The highest BCUT2D eigenvalue weighted by Crippen LogP contribution is 2.19. The zero-order valence-corrected chi connectivity index (χ0v) is 18.4. The number of hydrazone groups is 2. The van der Waals surface area contributed by atoms with Crippen LogP contribution in [0.15, 0.2) is 76.0 Å². The molecule has 3 aromatic rings. The van der Waals surface area contributed by atoms with Crippen molar-refractivity contribution < 1.29 is 9.59 Å². The molecule has 0 aliphatic rings. The second kappa shape index (κ2) is 11.3. The van der Waals surface area contributed by atoms with Crippen LogP contribution in [0.1, 0.15) is 39.3 Å². The van der Waals surface area contributed by atoms with Crippen molar-refractivity contribution in [1.29, 1.82) is 0 Å². The summed E-state index contributed by atoms with van der Waals surface area (Å²) in [7, 11) is 0. The van der Waals surface area contributed by atoms with Crippen molar-refractivity contribution in [1.82, 2.24) is 25.8 Å². The Morgan fingerprint density at radius 2 is 1.33 bits per heavy atom. The summed E-state index contributed by atoms with van der Waals surface area (Å²) in [6, 6.07) is 13.4. The van der Waals surface area contributed by atoms with Crippen molar-refractivity contribution in [2.75, 3.05) is 5.75 Å². The first kappa shape index (κ1) is 23.3. The third-order valence-electron chi connectivity index (χ3n) is 3.99. The van der Waals surface area contributed by atoms with Crippen LogP contribution in [-0.2, 0) is 0 Å². The monoisotopic (exact) mass is 463 g/mol. The lowest BCUT2D eigenvalue weighted by Gasteiger charge is -2.07. The number of thioether (sulfide) groups is 1. The van der Waals surface area contributed by atoms with Crippen LogP contribution in [0.2, 0.25) is 0 Å². The maximum Gasteiger partial charge on any atom is 0.290 e. The van der Waals surface area contributed by atoms with Crippen LogP contribution in [0.4, 0.5) is 0 Å². The topological polar surface area (TPSA) is 174 Å². The predicted molar refractivity (Wildman–Crippen MR) is 125 cm³/mol. The lowest BCUT2D eigenvalue weighted by molar-refractivity contribution is 0.0945. The van der Waals surface area contributed by atoms with E-state index in [0.717, 1.165) is 5.75 Å². The van der Waals surface area contributed by atoms with E-state index in [2.05, 4.69) is 36.0 Å². The number of pyridine rings is 3. The van der Waals surface area contributed by atoms with E-state index in [0.29, 0.717) is 16.3 Å². The van der Waals surface area contributed by atoms with Gasteiger partial charge in [-0.25, -0.2) is 15.8 Å². The minimum absolute atomic E-state index is 0.0159. The first-order valence-electron chi connectivity index (χ1n) is 9.72. The second-order valence-corrected chi connectivity index (χ2v) is 7.65. The van der Waals surface area contributed by atoms with Gasteiger partial charge in [0.1, 0.15) is 22.8 Å². The van der Waals surface area contributed by atoms with Crippen LogP contribution in [-0.4, -0.2) is 44.2 Å². The molecule has 3 heterocycles. The molecule has 0 fully saturated rings. The van der Waals surface area contributed by atoms with Gasteiger partial charge in [0.15, 0.2) is 11.7 Å². The van der Waals surface area contributed by atoms with Crippen LogP contribution >= 0.6 is 11.8 Å². The quantitative estimate of drug-likeness (QED) is 0.166. The summed E-state index contributed by atoms with van der Waals surface area (Å²) >= 11 is 1.44. The van der Waals surface area contributed by atoms with Gasteiger partial charge in [-0.1, -0.05) is 19.1 Å². The zero-order chi connectivity index (χ0) is 23.6. The van der Waals surface area contributed by atoms with E-state index in [1.807, 2.05) is 6.92 Å². The zero-order valence-electron chi connectivity index (χ0n) is 17.6. The number of aromatic nitrogens is 3. The number of nitrogens with one attached hydrogen (secondary N) is 2. The molecule has 0 aliphatic carbocycles. The van der Waals surface area contributed by atoms with Crippen LogP contribution in [0.3, 0.4) is 0 Å². The van der Waals surface area contributed by atoms with Gasteiger partial charge in [0, 0.05) is 17.3 Å². The second-order valence-electron chi connectivity index (χ2n) is 6.31. The van der Waals surface area contributed by atoms with Gasteiger partial charge >= 0.3 is 0 Å². The number of hydrogen-bond donors (Lipinski definition) is 4. The molecule has 0 saturated heterocycles. The fourth-order valence-electron chi connectivity index (χ4n) is 2.47. The number of amidine groups is 2. The van der Waals surface area contributed by atoms with Gasteiger partial charge in [0.2, 0.25) is 0 Å². The molecule has 0 spiro atoms. The molecule has 0 bridgehead atoms. The summed E-state index contributed by atoms with van der Waals surface area (Å²) < 4.78 is 0. The molecule has 0 unspecified atom stereocenters. The van der Waals surface area contributed by atoms with Gasteiger partial charge in [-0.3, -0.25) is 19.6 Å². The summed E-state index contributed by atoms with van der Waals surface area (Å²) in [5, 5.41) is 7.71. The van der Waals surface area contributed by atoms with E-state index in [1.54, 1.807) is 60.9 Å². The number of carbonyl (C=O) groups excluding carboxylic acids is 2. The van der Waals surface area contributed by atoms with E-state index in [1.165, 1.54) is 11.8 Å². The highest BCUT2D eigenvalue weighted by atomic mass is 32.2. The van der Waals surface area contributed by atoms with Crippen molar-refractivity contribution >= 4 is 35.2 Å². The van der Waals surface area contributed by atoms with Gasteiger partial charge in [-0.2, -0.15) is 10.2 Å². The standard InChI is InChI=1S/C21H21N9O2S/c1-2-33-13-11-16(20(31)29-27-18(22)14-7-3-5-9-24-14)26-17(12-13)21(32)30-28-19(23)15-8-4-6-10-25-15/h3-12H,2H2,1H3,(H2,22,27)(H2,23,28)(H,29,31)(H,30,32). The van der Waals surface area contributed by atoms with Crippen molar-refractivity contribution in [3.63, 3.8) is 0 Å². The molecule has 12 heteroatoms. The van der Waals surface area contributed by atoms with Crippen LogP contribution in [0.25, 0.3) is 0 Å². The highest BCUT2D eigenvalue weighted by Gasteiger charge is 2.15. The molecule has 0 aromatic carbocycles. The van der Waals surface area contributed by atoms with Crippen molar-refractivity contribution in [2.24, 2.45) is 21.7 Å².